The van der Waals surface area contributed by atoms with Crippen LogP contribution in [0.4, 0.5) is 0 Å². The Morgan fingerprint density at radius 1 is 1.18 bits per heavy atom. The molecule has 0 aromatic heterocycles. The fourth-order valence-electron chi connectivity index (χ4n) is 1.17. The molecule has 6 heteroatoms. The van der Waals surface area contributed by atoms with E-state index in [0.717, 1.165) is 6.42 Å². The molecule has 0 aliphatic carbocycles. The van der Waals surface area contributed by atoms with Crippen LogP contribution in [0.3, 0.4) is 0 Å². The molecule has 0 aliphatic rings. The lowest BCUT2D eigenvalue weighted by molar-refractivity contribution is -0.124. The standard InChI is InChI=1S/C11H23NO5/c1-14-7-10(16-3)8-17-6-4-5-12-11(13)9-15-2/h10H,4-9H2,1-3H3,(H,12,13). The van der Waals surface area contributed by atoms with Crippen LogP contribution in [-0.2, 0) is 23.7 Å². The maximum absolute atomic E-state index is 11.0. The fraction of sp³-hybridized carbons (Fsp3) is 0.909. The summed E-state index contributed by atoms with van der Waals surface area (Å²) < 4.78 is 20.2. The third kappa shape index (κ3) is 10.2. The van der Waals surface area contributed by atoms with E-state index in [0.29, 0.717) is 26.4 Å². The van der Waals surface area contributed by atoms with Crippen molar-refractivity contribution in [1.82, 2.24) is 5.32 Å². The SMILES string of the molecule is COCC(=O)NCCCOCC(COC)OC. The zero-order valence-electron chi connectivity index (χ0n) is 10.9. The van der Waals surface area contributed by atoms with Crippen LogP contribution < -0.4 is 5.32 Å². The second kappa shape index (κ2) is 11.8. The van der Waals surface area contributed by atoms with Crippen LogP contribution in [0.5, 0.6) is 0 Å². The minimum Gasteiger partial charge on any atom is -0.382 e. The van der Waals surface area contributed by atoms with Gasteiger partial charge in [0.15, 0.2) is 0 Å². The molecule has 0 aromatic rings. The lowest BCUT2D eigenvalue weighted by atomic mass is 10.4. The summed E-state index contributed by atoms with van der Waals surface area (Å²) in [5, 5.41) is 2.71. The van der Waals surface area contributed by atoms with Crippen molar-refractivity contribution in [2.45, 2.75) is 12.5 Å². The van der Waals surface area contributed by atoms with Gasteiger partial charge < -0.3 is 24.3 Å². The van der Waals surface area contributed by atoms with Gasteiger partial charge in [-0.15, -0.1) is 0 Å². The highest BCUT2D eigenvalue weighted by Gasteiger charge is 2.06. The number of hydrogen-bond acceptors (Lipinski definition) is 5. The van der Waals surface area contributed by atoms with Crippen molar-refractivity contribution in [3.8, 4) is 0 Å². The minimum absolute atomic E-state index is 0.0388. The van der Waals surface area contributed by atoms with E-state index in [1.807, 2.05) is 0 Å². The molecule has 0 radical (unpaired) electrons. The van der Waals surface area contributed by atoms with Gasteiger partial charge in [0.25, 0.3) is 0 Å². The summed E-state index contributed by atoms with van der Waals surface area (Å²) >= 11 is 0. The lowest BCUT2D eigenvalue weighted by Crippen LogP contribution is -2.29. The molecule has 1 amide bonds. The molecule has 0 bridgehead atoms. The molecule has 1 atom stereocenters. The summed E-state index contributed by atoms with van der Waals surface area (Å²) in [6.45, 7) is 2.28. The molecule has 1 N–H and O–H groups in total. The molecular weight excluding hydrogens is 226 g/mol. The van der Waals surface area contributed by atoms with Crippen molar-refractivity contribution >= 4 is 5.91 Å². The number of carbonyl (C=O) groups excluding carboxylic acids is 1. The zero-order chi connectivity index (χ0) is 12.9. The first kappa shape index (κ1) is 16.3. The molecule has 0 fully saturated rings. The van der Waals surface area contributed by atoms with Gasteiger partial charge in [-0.2, -0.15) is 0 Å². The topological polar surface area (TPSA) is 66.0 Å². The first-order valence-corrected chi connectivity index (χ1v) is 5.59. The maximum atomic E-state index is 11.0. The number of rotatable bonds is 11. The first-order chi connectivity index (χ1) is 8.24. The molecular formula is C11H23NO5. The third-order valence-corrected chi connectivity index (χ3v) is 2.05. The maximum Gasteiger partial charge on any atom is 0.245 e. The van der Waals surface area contributed by atoms with Crippen LogP contribution in [0.2, 0.25) is 0 Å². The van der Waals surface area contributed by atoms with Crippen molar-refractivity contribution < 1.29 is 23.7 Å². The normalized spacial score (nSPS) is 12.4. The molecule has 0 saturated carbocycles. The van der Waals surface area contributed by atoms with Gasteiger partial charge in [-0.05, 0) is 6.42 Å². The molecule has 1 unspecified atom stereocenters. The largest absolute Gasteiger partial charge is 0.382 e. The predicted octanol–water partition coefficient (Wildman–Crippen LogP) is -0.183. The summed E-state index contributed by atoms with van der Waals surface area (Å²) in [5.74, 6) is -0.110. The van der Waals surface area contributed by atoms with Gasteiger partial charge in [0, 0.05) is 34.5 Å². The van der Waals surface area contributed by atoms with E-state index in [1.165, 1.54) is 7.11 Å². The number of methoxy groups -OCH3 is 3. The average Bonchev–Trinajstić information content (AvgIpc) is 2.32. The Morgan fingerprint density at radius 3 is 2.53 bits per heavy atom. The minimum atomic E-state index is -0.110. The first-order valence-electron chi connectivity index (χ1n) is 5.59. The van der Waals surface area contributed by atoms with E-state index in [1.54, 1.807) is 14.2 Å². The van der Waals surface area contributed by atoms with Crippen LogP contribution >= 0.6 is 0 Å². The summed E-state index contributed by atoms with van der Waals surface area (Å²) in [6.07, 6.45) is 0.724. The zero-order valence-corrected chi connectivity index (χ0v) is 10.9. The molecule has 0 aliphatic heterocycles. The van der Waals surface area contributed by atoms with E-state index in [4.69, 9.17) is 14.2 Å². The van der Waals surface area contributed by atoms with Crippen LogP contribution in [0.15, 0.2) is 0 Å². The van der Waals surface area contributed by atoms with E-state index in [-0.39, 0.29) is 18.6 Å². The Labute approximate surface area is 103 Å². The number of nitrogens with one attached hydrogen (secondary N) is 1. The molecule has 102 valence electrons. The summed E-state index contributed by atoms with van der Waals surface area (Å²) in [4.78, 5) is 11.0. The highest BCUT2D eigenvalue weighted by atomic mass is 16.5. The highest BCUT2D eigenvalue weighted by molar-refractivity contribution is 5.77. The van der Waals surface area contributed by atoms with Gasteiger partial charge in [0.2, 0.25) is 5.91 Å². The van der Waals surface area contributed by atoms with Crippen molar-refractivity contribution in [1.29, 1.82) is 0 Å². The Kier molecular flexibility index (Phi) is 11.3. The molecule has 0 spiro atoms. The van der Waals surface area contributed by atoms with E-state index >= 15 is 0 Å². The lowest BCUT2D eigenvalue weighted by Gasteiger charge is -2.14. The van der Waals surface area contributed by atoms with Crippen molar-refractivity contribution in [3.05, 3.63) is 0 Å². The van der Waals surface area contributed by atoms with E-state index in [2.05, 4.69) is 10.1 Å². The molecule has 0 rings (SSSR count). The van der Waals surface area contributed by atoms with Crippen LogP contribution in [0, 0.1) is 0 Å². The molecule has 17 heavy (non-hydrogen) atoms. The summed E-state index contributed by atoms with van der Waals surface area (Å²) in [6, 6.07) is 0. The number of hydrogen-bond donors (Lipinski definition) is 1. The van der Waals surface area contributed by atoms with Gasteiger partial charge in [-0.1, -0.05) is 0 Å². The smallest absolute Gasteiger partial charge is 0.245 e. The van der Waals surface area contributed by atoms with Crippen LogP contribution in [0.25, 0.3) is 0 Å². The Hall–Kier alpha value is -0.690. The second-order valence-corrected chi connectivity index (χ2v) is 3.52. The molecule has 0 saturated heterocycles. The predicted molar refractivity (Wildman–Crippen MR) is 63.0 cm³/mol. The van der Waals surface area contributed by atoms with Crippen LogP contribution in [-0.4, -0.2) is 66.3 Å². The summed E-state index contributed by atoms with van der Waals surface area (Å²) in [5.41, 5.74) is 0. The van der Waals surface area contributed by atoms with Crippen molar-refractivity contribution in [2.75, 3.05) is 54.3 Å². The second-order valence-electron chi connectivity index (χ2n) is 3.52. The van der Waals surface area contributed by atoms with E-state index < -0.39 is 0 Å². The highest BCUT2D eigenvalue weighted by Crippen LogP contribution is 1.93. The number of carbonyl (C=O) groups is 1. The number of amides is 1. The Bertz CT molecular complexity index is 189. The van der Waals surface area contributed by atoms with Gasteiger partial charge >= 0.3 is 0 Å². The Morgan fingerprint density at radius 2 is 1.94 bits per heavy atom. The quantitative estimate of drug-likeness (QED) is 0.514. The average molecular weight is 249 g/mol. The van der Waals surface area contributed by atoms with Gasteiger partial charge in [0.05, 0.1) is 13.2 Å². The van der Waals surface area contributed by atoms with Crippen molar-refractivity contribution in [2.24, 2.45) is 0 Å². The molecule has 6 nitrogen and oxygen atoms in total. The Balaban J connectivity index is 3.30. The van der Waals surface area contributed by atoms with Gasteiger partial charge in [-0.3, -0.25) is 4.79 Å². The monoisotopic (exact) mass is 249 g/mol. The summed E-state index contributed by atoms with van der Waals surface area (Å²) in [7, 11) is 4.73. The van der Waals surface area contributed by atoms with Crippen LogP contribution in [0.1, 0.15) is 6.42 Å². The number of ether oxygens (including phenoxy) is 4. The third-order valence-electron chi connectivity index (χ3n) is 2.05. The molecule has 0 heterocycles. The fourth-order valence-corrected chi connectivity index (χ4v) is 1.17. The van der Waals surface area contributed by atoms with Gasteiger partial charge in [-0.25, -0.2) is 0 Å². The van der Waals surface area contributed by atoms with Gasteiger partial charge in [0.1, 0.15) is 12.7 Å². The molecule has 0 aromatic carbocycles. The van der Waals surface area contributed by atoms with E-state index in [9.17, 15) is 4.79 Å². The van der Waals surface area contributed by atoms with Crippen molar-refractivity contribution in [3.63, 3.8) is 0 Å².